The molecule has 0 unspecified atom stereocenters. The Bertz CT molecular complexity index is 967. The predicted molar refractivity (Wildman–Crippen MR) is 110 cm³/mol. The van der Waals surface area contributed by atoms with E-state index in [-0.39, 0.29) is 12.4 Å². The lowest BCUT2D eigenvalue weighted by Gasteiger charge is -2.41. The molecular weight excluding hydrogens is 344 g/mol. The van der Waals surface area contributed by atoms with Gasteiger partial charge in [-0.05, 0) is 56.1 Å². The molecule has 2 bridgehead atoms. The molecule has 4 heterocycles. The highest BCUT2D eigenvalue weighted by atomic mass is 35.5. The summed E-state index contributed by atoms with van der Waals surface area (Å²) in [5.41, 5.74) is 4.08. The summed E-state index contributed by atoms with van der Waals surface area (Å²) in [7, 11) is 2.13. The smallest absolute Gasteiger partial charge is 0.121 e. The van der Waals surface area contributed by atoms with E-state index in [9.17, 15) is 0 Å². The van der Waals surface area contributed by atoms with Gasteiger partial charge in [-0.2, -0.15) is 0 Å². The Hall–Kier alpha value is -1.97. The fraction of sp³-hybridized carbons (Fsp3) is 0.364. The molecule has 0 aliphatic carbocycles. The number of hydrogen-bond donors (Lipinski definition) is 0. The maximum atomic E-state index is 6.07. The van der Waals surface area contributed by atoms with Gasteiger partial charge in [-0.3, -0.25) is 4.90 Å². The highest BCUT2D eigenvalue weighted by Gasteiger charge is 2.28. The van der Waals surface area contributed by atoms with Gasteiger partial charge in [0.1, 0.15) is 12.4 Å². The van der Waals surface area contributed by atoms with Crippen molar-refractivity contribution in [2.75, 3.05) is 26.2 Å². The number of halogens is 1. The van der Waals surface area contributed by atoms with Crippen LogP contribution in [0.2, 0.25) is 0 Å². The zero-order valence-electron chi connectivity index (χ0n) is 15.1. The summed E-state index contributed by atoms with van der Waals surface area (Å²) in [5, 5.41) is 2.60. The molecule has 3 aliphatic heterocycles. The predicted octanol–water partition coefficient (Wildman–Crippen LogP) is 4.78. The molecule has 3 aromatic rings. The van der Waals surface area contributed by atoms with Gasteiger partial charge in [0.25, 0.3) is 0 Å². The average Bonchev–Trinajstić information content (AvgIpc) is 2.95. The minimum atomic E-state index is 0. The molecule has 2 aromatic carbocycles. The van der Waals surface area contributed by atoms with Crippen LogP contribution in [0, 0.1) is 5.92 Å². The monoisotopic (exact) mass is 368 g/mol. The van der Waals surface area contributed by atoms with Crippen LogP contribution >= 0.6 is 12.4 Å². The summed E-state index contributed by atoms with van der Waals surface area (Å²) >= 11 is 0. The van der Waals surface area contributed by atoms with Gasteiger partial charge >= 0.3 is 0 Å². The molecule has 3 fully saturated rings. The minimum absolute atomic E-state index is 0. The fourth-order valence-electron chi connectivity index (χ4n) is 4.56. The van der Waals surface area contributed by atoms with Gasteiger partial charge in [0.2, 0.25) is 0 Å². The number of fused-ring (bicyclic) bond motifs is 6. The number of piperidine rings is 3. The van der Waals surface area contributed by atoms with Gasteiger partial charge in [0, 0.05) is 35.9 Å². The van der Waals surface area contributed by atoms with Crippen molar-refractivity contribution in [3.05, 3.63) is 54.1 Å². The molecular formula is C22H25ClN2O. The lowest BCUT2D eigenvalue weighted by atomic mass is 9.84. The number of nitrogens with zero attached hydrogens (tertiary/aromatic N) is 2. The van der Waals surface area contributed by atoms with E-state index in [4.69, 9.17) is 4.74 Å². The van der Waals surface area contributed by atoms with Crippen molar-refractivity contribution in [3.8, 4) is 5.75 Å². The van der Waals surface area contributed by atoms with Gasteiger partial charge in [-0.1, -0.05) is 23.8 Å². The number of aryl methyl sites for hydroxylation is 1. The molecule has 0 saturated carbocycles. The second-order valence-electron chi connectivity index (χ2n) is 7.40. The first-order valence-corrected chi connectivity index (χ1v) is 9.31. The molecule has 3 aliphatic rings. The Morgan fingerprint density at radius 2 is 1.81 bits per heavy atom. The van der Waals surface area contributed by atoms with E-state index in [0.717, 1.165) is 18.2 Å². The molecule has 0 radical (unpaired) electrons. The lowest BCUT2D eigenvalue weighted by Crippen LogP contribution is -2.43. The Morgan fingerprint density at radius 1 is 1.04 bits per heavy atom. The van der Waals surface area contributed by atoms with Crippen molar-refractivity contribution in [2.45, 2.75) is 12.8 Å². The Labute approximate surface area is 160 Å². The molecule has 4 heteroatoms. The third-order valence-corrected chi connectivity index (χ3v) is 6.00. The van der Waals surface area contributed by atoms with Gasteiger partial charge in [0.15, 0.2) is 0 Å². The minimum Gasteiger partial charge on any atom is -0.489 e. The van der Waals surface area contributed by atoms with Gasteiger partial charge in [0.05, 0.1) is 5.52 Å². The van der Waals surface area contributed by atoms with Gasteiger partial charge in [-0.15, -0.1) is 12.4 Å². The molecule has 0 atom stereocenters. The highest BCUT2D eigenvalue weighted by molar-refractivity contribution is 6.08. The first-order valence-electron chi connectivity index (χ1n) is 9.31. The van der Waals surface area contributed by atoms with Crippen molar-refractivity contribution in [1.82, 2.24) is 9.47 Å². The van der Waals surface area contributed by atoms with Crippen molar-refractivity contribution in [3.63, 3.8) is 0 Å². The summed E-state index contributed by atoms with van der Waals surface area (Å²) in [6, 6.07) is 15.0. The maximum absolute atomic E-state index is 6.07. The summed E-state index contributed by atoms with van der Waals surface area (Å²) in [5.74, 6) is 1.76. The van der Waals surface area contributed by atoms with Crippen molar-refractivity contribution < 1.29 is 4.74 Å². The maximum Gasteiger partial charge on any atom is 0.121 e. The molecule has 6 rings (SSSR count). The molecule has 136 valence electrons. The number of para-hydroxylation sites is 1. The van der Waals surface area contributed by atoms with E-state index in [1.807, 2.05) is 0 Å². The summed E-state index contributed by atoms with van der Waals surface area (Å²) in [4.78, 5) is 2.56. The second-order valence-corrected chi connectivity index (χ2v) is 7.40. The summed E-state index contributed by atoms with van der Waals surface area (Å²) in [6.07, 6.45) is 4.98. The summed E-state index contributed by atoms with van der Waals surface area (Å²) < 4.78 is 8.32. The van der Waals surface area contributed by atoms with E-state index in [1.54, 1.807) is 5.57 Å². The highest BCUT2D eigenvalue weighted by Crippen LogP contribution is 2.32. The average molecular weight is 369 g/mol. The SMILES string of the molecule is Cl.Cn1c2ccccc2c2ccc(OCC=C3CN4CCC3CC4)cc21. The van der Waals surface area contributed by atoms with Crippen LogP contribution in [0.4, 0.5) is 0 Å². The molecule has 0 spiro atoms. The molecule has 1 aromatic heterocycles. The van der Waals surface area contributed by atoms with Crippen LogP contribution in [0.25, 0.3) is 21.8 Å². The van der Waals surface area contributed by atoms with E-state index < -0.39 is 0 Å². The third kappa shape index (κ3) is 2.89. The normalized spacial score (nSPS) is 23.5. The number of ether oxygens (including phenoxy) is 1. The van der Waals surface area contributed by atoms with Crippen LogP contribution in [0.5, 0.6) is 5.75 Å². The van der Waals surface area contributed by atoms with Crippen molar-refractivity contribution in [2.24, 2.45) is 13.0 Å². The number of benzene rings is 2. The lowest BCUT2D eigenvalue weighted by molar-refractivity contribution is 0.160. The Morgan fingerprint density at radius 3 is 2.58 bits per heavy atom. The number of aromatic nitrogens is 1. The van der Waals surface area contributed by atoms with Crippen molar-refractivity contribution in [1.29, 1.82) is 0 Å². The fourth-order valence-corrected chi connectivity index (χ4v) is 4.56. The van der Waals surface area contributed by atoms with Crippen LogP contribution in [0.3, 0.4) is 0 Å². The quantitative estimate of drug-likeness (QED) is 0.619. The first kappa shape index (κ1) is 17.4. The second kappa shape index (κ2) is 6.98. The van der Waals surface area contributed by atoms with Crippen LogP contribution in [-0.4, -0.2) is 35.7 Å². The molecule has 3 saturated heterocycles. The molecule has 3 nitrogen and oxygen atoms in total. The van der Waals surface area contributed by atoms with Crippen molar-refractivity contribution >= 4 is 34.2 Å². The summed E-state index contributed by atoms with van der Waals surface area (Å²) in [6.45, 7) is 4.38. The standard InChI is InChI=1S/C22H24N2O.ClH/c1-23-21-5-3-2-4-19(21)20-7-6-18(14-22(20)23)25-13-10-17-15-24-11-8-16(17)9-12-24;/h2-7,10,14,16H,8-9,11-13,15H2,1H3;1H. The first-order chi connectivity index (χ1) is 12.3. The van der Waals surface area contributed by atoms with Crippen LogP contribution < -0.4 is 4.74 Å². The zero-order chi connectivity index (χ0) is 16.8. The number of rotatable bonds is 3. The zero-order valence-corrected chi connectivity index (χ0v) is 16.0. The Kier molecular flexibility index (Phi) is 4.68. The van der Waals surface area contributed by atoms with E-state index in [0.29, 0.717) is 6.61 Å². The van der Waals surface area contributed by atoms with Crippen LogP contribution in [0.1, 0.15) is 12.8 Å². The van der Waals surface area contributed by atoms with E-state index in [2.05, 4.69) is 65.1 Å². The number of hydrogen-bond acceptors (Lipinski definition) is 2. The van der Waals surface area contributed by atoms with E-state index >= 15 is 0 Å². The van der Waals surface area contributed by atoms with Crippen LogP contribution in [-0.2, 0) is 7.05 Å². The Balaban J connectivity index is 0.00000168. The van der Waals surface area contributed by atoms with Gasteiger partial charge in [-0.25, -0.2) is 0 Å². The van der Waals surface area contributed by atoms with Crippen LogP contribution in [0.15, 0.2) is 54.1 Å². The third-order valence-electron chi connectivity index (χ3n) is 6.00. The largest absolute Gasteiger partial charge is 0.489 e. The molecule has 26 heavy (non-hydrogen) atoms. The van der Waals surface area contributed by atoms with Gasteiger partial charge < -0.3 is 9.30 Å². The molecule has 0 amide bonds. The topological polar surface area (TPSA) is 17.4 Å². The molecule has 0 N–H and O–H groups in total. The van der Waals surface area contributed by atoms with E-state index in [1.165, 1.54) is 47.7 Å².